The maximum atomic E-state index is 6.09. The van der Waals surface area contributed by atoms with Crippen molar-refractivity contribution in [3.05, 3.63) is 0 Å². The summed E-state index contributed by atoms with van der Waals surface area (Å²) in [6.45, 7) is 14.6. The van der Waals surface area contributed by atoms with E-state index in [2.05, 4.69) is 50.1 Å². The van der Waals surface area contributed by atoms with Gasteiger partial charge in [-0.15, -0.1) is 0 Å². The molecule has 0 saturated heterocycles. The van der Waals surface area contributed by atoms with Gasteiger partial charge in [0, 0.05) is 25.2 Å². The van der Waals surface area contributed by atoms with Crippen LogP contribution < -0.4 is 5.14 Å². The van der Waals surface area contributed by atoms with Gasteiger partial charge in [-0.2, -0.15) is 11.3 Å². The highest BCUT2D eigenvalue weighted by Crippen LogP contribution is 2.21. The molecule has 2 N–H and O–H groups in total. The lowest BCUT2D eigenvalue weighted by molar-refractivity contribution is 0.208. The highest BCUT2D eigenvalue weighted by molar-refractivity contribution is 8.12. The minimum Gasteiger partial charge on any atom is -0.300 e. The van der Waals surface area contributed by atoms with Gasteiger partial charge in [-0.1, -0.05) is 13.8 Å². The highest BCUT2D eigenvalue weighted by atomic mass is 32.2. The van der Waals surface area contributed by atoms with E-state index >= 15 is 0 Å². The average Bonchev–Trinajstić information content (AvgIpc) is 2.22. The molecular formula is C12H31N3S. The first-order valence-corrected chi connectivity index (χ1v) is 8.24. The Morgan fingerprint density at radius 3 is 2.00 bits per heavy atom. The molecule has 0 aliphatic carbocycles. The summed E-state index contributed by atoms with van der Waals surface area (Å²) in [4.78, 5) is 2.49. The van der Waals surface area contributed by atoms with Crippen molar-refractivity contribution in [2.45, 2.75) is 53.1 Å². The van der Waals surface area contributed by atoms with Gasteiger partial charge in [0.15, 0.2) is 0 Å². The molecule has 0 heterocycles. The van der Waals surface area contributed by atoms with Gasteiger partial charge in [0.25, 0.3) is 0 Å². The monoisotopic (exact) mass is 249 g/mol. The lowest BCUT2D eigenvalue weighted by Crippen LogP contribution is -2.41. The molecule has 0 aliphatic rings. The molecule has 4 heteroatoms. The van der Waals surface area contributed by atoms with Gasteiger partial charge in [-0.05, 0) is 40.0 Å². The van der Waals surface area contributed by atoms with Gasteiger partial charge in [0.1, 0.15) is 0 Å². The van der Waals surface area contributed by atoms with Crippen molar-refractivity contribution in [1.82, 2.24) is 9.21 Å². The molecule has 0 aromatic heterocycles. The van der Waals surface area contributed by atoms with E-state index in [1.54, 1.807) is 0 Å². The van der Waals surface area contributed by atoms with E-state index in [0.717, 1.165) is 19.6 Å². The van der Waals surface area contributed by atoms with Gasteiger partial charge in [0.05, 0.1) is 0 Å². The SMILES string of the molecule is CCC(C)N(CCN(CC)C(C)C)[SH](C)N. The number of hydrogen-bond acceptors (Lipinski definition) is 3. The van der Waals surface area contributed by atoms with Crippen LogP contribution in [0.1, 0.15) is 41.0 Å². The van der Waals surface area contributed by atoms with E-state index in [9.17, 15) is 0 Å². The summed E-state index contributed by atoms with van der Waals surface area (Å²) >= 11 is -0.457. The lowest BCUT2D eigenvalue weighted by atomic mass is 10.2. The number of hydrogen-bond donors (Lipinski definition) is 2. The predicted octanol–water partition coefficient (Wildman–Crippen LogP) is 2.24. The van der Waals surface area contributed by atoms with Crippen LogP contribution in [-0.4, -0.2) is 47.2 Å². The number of rotatable bonds is 8. The molecule has 0 spiro atoms. The van der Waals surface area contributed by atoms with Gasteiger partial charge >= 0.3 is 0 Å². The summed E-state index contributed by atoms with van der Waals surface area (Å²) in [5.74, 6) is 0. The maximum absolute atomic E-state index is 6.09. The van der Waals surface area contributed by atoms with Crippen molar-refractivity contribution in [3.8, 4) is 0 Å². The third-order valence-corrected chi connectivity index (χ3v) is 4.66. The predicted molar refractivity (Wildman–Crippen MR) is 77.9 cm³/mol. The number of thiol groups is 1. The zero-order valence-electron chi connectivity index (χ0n) is 11.9. The smallest absolute Gasteiger partial charge is 0.0214 e. The minimum absolute atomic E-state index is 0.457. The van der Waals surface area contributed by atoms with Gasteiger partial charge in [-0.3, -0.25) is 14.3 Å². The van der Waals surface area contributed by atoms with Crippen LogP contribution in [0.25, 0.3) is 0 Å². The number of likely N-dealkylation sites (N-methyl/N-ethyl adjacent to an activating group) is 1. The van der Waals surface area contributed by atoms with Crippen LogP contribution in [0.4, 0.5) is 0 Å². The molecule has 0 aliphatic heterocycles. The molecule has 0 aromatic rings. The molecule has 0 aromatic carbocycles. The molecule has 0 fully saturated rings. The fourth-order valence-corrected chi connectivity index (χ4v) is 3.10. The minimum atomic E-state index is -0.457. The second-order valence-corrected chi connectivity index (χ2v) is 6.38. The molecule has 0 saturated carbocycles. The second-order valence-electron chi connectivity index (χ2n) is 4.72. The summed E-state index contributed by atoms with van der Waals surface area (Å²) < 4.78 is 2.46. The van der Waals surface area contributed by atoms with Crippen molar-refractivity contribution in [3.63, 3.8) is 0 Å². The molecule has 0 bridgehead atoms. The van der Waals surface area contributed by atoms with E-state index < -0.39 is 11.3 Å². The standard InChI is InChI=1S/C12H31N3S/c1-7-12(5)15(16(6)13)10-9-14(8-2)11(3)4/h11-12,16H,7-10,13H2,1-6H3. The summed E-state index contributed by atoms with van der Waals surface area (Å²) in [5, 5.41) is 6.09. The average molecular weight is 249 g/mol. The Kier molecular flexibility index (Phi) is 8.46. The Labute approximate surface area is 105 Å². The van der Waals surface area contributed by atoms with Crippen LogP contribution in [0.5, 0.6) is 0 Å². The van der Waals surface area contributed by atoms with Gasteiger partial charge in [0.2, 0.25) is 0 Å². The van der Waals surface area contributed by atoms with Crippen molar-refractivity contribution in [1.29, 1.82) is 0 Å². The molecule has 100 valence electrons. The quantitative estimate of drug-likeness (QED) is 0.647. The summed E-state index contributed by atoms with van der Waals surface area (Å²) in [7, 11) is 0. The van der Waals surface area contributed by atoms with Crippen molar-refractivity contribution in [2.24, 2.45) is 5.14 Å². The fraction of sp³-hybridized carbons (Fsp3) is 1.00. The van der Waals surface area contributed by atoms with Crippen molar-refractivity contribution >= 4 is 11.3 Å². The van der Waals surface area contributed by atoms with E-state index in [4.69, 9.17) is 5.14 Å². The molecular weight excluding hydrogens is 218 g/mol. The van der Waals surface area contributed by atoms with Crippen LogP contribution >= 0.6 is 11.3 Å². The van der Waals surface area contributed by atoms with Crippen molar-refractivity contribution < 1.29 is 0 Å². The Morgan fingerprint density at radius 1 is 1.12 bits per heavy atom. The number of nitrogens with zero attached hydrogens (tertiary/aromatic N) is 2. The fourth-order valence-electron chi connectivity index (χ4n) is 1.91. The molecule has 0 amide bonds. The first kappa shape index (κ1) is 16.2. The zero-order valence-corrected chi connectivity index (χ0v) is 12.8. The second kappa shape index (κ2) is 8.34. The molecule has 2 atom stereocenters. The van der Waals surface area contributed by atoms with Crippen LogP contribution in [0.2, 0.25) is 0 Å². The Bertz CT molecular complexity index is 174. The highest BCUT2D eigenvalue weighted by Gasteiger charge is 2.16. The topological polar surface area (TPSA) is 32.5 Å². The van der Waals surface area contributed by atoms with Crippen LogP contribution in [0.15, 0.2) is 0 Å². The van der Waals surface area contributed by atoms with Crippen molar-refractivity contribution in [2.75, 3.05) is 25.9 Å². The normalized spacial score (nSPS) is 17.2. The third-order valence-electron chi connectivity index (χ3n) is 3.26. The maximum Gasteiger partial charge on any atom is 0.0214 e. The number of nitrogens with two attached hydrogens (primary N) is 1. The molecule has 0 radical (unpaired) electrons. The first-order valence-electron chi connectivity index (χ1n) is 6.43. The molecule has 0 rings (SSSR count). The molecule has 16 heavy (non-hydrogen) atoms. The van der Waals surface area contributed by atoms with Gasteiger partial charge < -0.3 is 0 Å². The van der Waals surface area contributed by atoms with Crippen LogP contribution in [0.3, 0.4) is 0 Å². The third kappa shape index (κ3) is 5.53. The van der Waals surface area contributed by atoms with E-state index in [1.807, 2.05) is 0 Å². The Hall–Kier alpha value is 0.230. The summed E-state index contributed by atoms with van der Waals surface area (Å²) in [5.41, 5.74) is 0. The first-order chi connectivity index (χ1) is 7.43. The summed E-state index contributed by atoms with van der Waals surface area (Å²) in [6, 6.07) is 1.23. The Balaban J connectivity index is 4.20. The van der Waals surface area contributed by atoms with E-state index in [-0.39, 0.29) is 0 Å². The van der Waals surface area contributed by atoms with Crippen LogP contribution in [-0.2, 0) is 0 Å². The van der Waals surface area contributed by atoms with E-state index in [0.29, 0.717) is 12.1 Å². The Morgan fingerprint density at radius 2 is 1.69 bits per heavy atom. The zero-order chi connectivity index (χ0) is 12.7. The van der Waals surface area contributed by atoms with E-state index in [1.165, 1.54) is 6.42 Å². The van der Waals surface area contributed by atoms with Crippen LogP contribution in [0, 0.1) is 0 Å². The molecule has 3 nitrogen and oxygen atoms in total. The van der Waals surface area contributed by atoms with Gasteiger partial charge in [-0.25, -0.2) is 0 Å². The largest absolute Gasteiger partial charge is 0.300 e. The summed E-state index contributed by atoms with van der Waals surface area (Å²) in [6.07, 6.45) is 3.32. The lowest BCUT2D eigenvalue weighted by Gasteiger charge is -2.36. The molecule has 2 unspecified atom stereocenters.